The van der Waals surface area contributed by atoms with Crippen molar-refractivity contribution in [3.05, 3.63) is 69.8 Å². The van der Waals surface area contributed by atoms with Gasteiger partial charge in [-0.3, -0.25) is 10.1 Å². The van der Waals surface area contributed by atoms with Gasteiger partial charge in [-0.1, -0.05) is 24.3 Å². The third kappa shape index (κ3) is 3.47. The molecule has 0 spiro atoms. The minimum Gasteiger partial charge on any atom is -0.258 e. The molecule has 0 unspecified atom stereocenters. The molecule has 2 aromatic rings. The Labute approximate surface area is 140 Å². The lowest BCUT2D eigenvalue weighted by atomic mass is 10.1. The molecule has 0 aliphatic carbocycles. The van der Waals surface area contributed by atoms with Crippen LogP contribution in [0.2, 0.25) is 0 Å². The minimum absolute atomic E-state index is 0.0609. The molecule has 126 valence electrons. The van der Waals surface area contributed by atoms with E-state index < -0.39 is 14.9 Å². The van der Waals surface area contributed by atoms with Crippen LogP contribution in [0.3, 0.4) is 0 Å². The van der Waals surface area contributed by atoms with Crippen molar-refractivity contribution in [2.75, 3.05) is 13.1 Å². The highest BCUT2D eigenvalue weighted by atomic mass is 32.2. The fourth-order valence-corrected chi connectivity index (χ4v) is 4.35. The van der Waals surface area contributed by atoms with E-state index in [1.165, 1.54) is 16.4 Å². The topological polar surface area (TPSA) is 80.5 Å². The highest BCUT2D eigenvalue weighted by Crippen LogP contribution is 2.22. The van der Waals surface area contributed by atoms with Crippen LogP contribution in [0.5, 0.6) is 0 Å². The third-order valence-electron chi connectivity index (χ3n) is 4.18. The van der Waals surface area contributed by atoms with E-state index in [-0.39, 0.29) is 5.69 Å². The highest BCUT2D eigenvalue weighted by molar-refractivity contribution is 7.89. The number of nitro benzene ring substituents is 1. The summed E-state index contributed by atoms with van der Waals surface area (Å²) >= 11 is 0. The van der Waals surface area contributed by atoms with Gasteiger partial charge >= 0.3 is 0 Å². The van der Waals surface area contributed by atoms with Crippen LogP contribution >= 0.6 is 0 Å². The molecule has 3 rings (SSSR count). The first-order valence-electron chi connectivity index (χ1n) is 7.79. The van der Waals surface area contributed by atoms with Crippen LogP contribution in [0, 0.1) is 10.1 Å². The average molecular weight is 346 g/mol. The van der Waals surface area contributed by atoms with E-state index in [4.69, 9.17) is 0 Å². The Morgan fingerprint density at radius 3 is 1.92 bits per heavy atom. The summed E-state index contributed by atoms with van der Waals surface area (Å²) in [7, 11) is -3.39. The second-order valence-electron chi connectivity index (χ2n) is 5.86. The molecule has 0 amide bonds. The molecule has 1 fully saturated rings. The van der Waals surface area contributed by atoms with Gasteiger partial charge in [0.15, 0.2) is 0 Å². The van der Waals surface area contributed by atoms with E-state index in [1.54, 1.807) is 36.4 Å². The van der Waals surface area contributed by atoms with Gasteiger partial charge in [-0.15, -0.1) is 0 Å². The molecule has 0 atom stereocenters. The Bertz CT molecular complexity index is 824. The first-order chi connectivity index (χ1) is 11.5. The molecule has 0 bridgehead atoms. The lowest BCUT2D eigenvalue weighted by molar-refractivity contribution is -0.384. The molecule has 0 radical (unpaired) electrons. The number of non-ortho nitro benzene ring substituents is 1. The maximum absolute atomic E-state index is 12.5. The summed E-state index contributed by atoms with van der Waals surface area (Å²) in [5, 5.41) is 10.7. The summed E-state index contributed by atoms with van der Waals surface area (Å²) in [6, 6.07) is 13.2. The van der Waals surface area contributed by atoms with E-state index in [0.717, 1.165) is 24.0 Å². The van der Waals surface area contributed by atoms with Gasteiger partial charge in [-0.25, -0.2) is 8.42 Å². The lowest BCUT2D eigenvalue weighted by Gasteiger charge is -2.15. The van der Waals surface area contributed by atoms with Gasteiger partial charge in [0.2, 0.25) is 10.0 Å². The molecule has 1 aliphatic heterocycles. The number of nitrogens with zero attached hydrogens (tertiary/aromatic N) is 2. The molecule has 7 heteroatoms. The molecule has 0 aromatic heterocycles. The fraction of sp³-hybridized carbons (Fsp3) is 0.294. The van der Waals surface area contributed by atoms with Crippen LogP contribution in [-0.2, 0) is 16.4 Å². The fourth-order valence-electron chi connectivity index (χ4n) is 2.83. The van der Waals surface area contributed by atoms with Crippen molar-refractivity contribution in [1.29, 1.82) is 0 Å². The summed E-state index contributed by atoms with van der Waals surface area (Å²) < 4.78 is 26.5. The maximum atomic E-state index is 12.5. The third-order valence-corrected chi connectivity index (χ3v) is 6.09. The van der Waals surface area contributed by atoms with Crippen molar-refractivity contribution in [1.82, 2.24) is 4.31 Å². The largest absolute Gasteiger partial charge is 0.269 e. The van der Waals surface area contributed by atoms with Gasteiger partial charge in [-0.2, -0.15) is 4.31 Å². The van der Waals surface area contributed by atoms with Gasteiger partial charge in [0, 0.05) is 25.2 Å². The van der Waals surface area contributed by atoms with E-state index in [9.17, 15) is 18.5 Å². The first-order valence-corrected chi connectivity index (χ1v) is 9.23. The predicted molar refractivity (Wildman–Crippen MR) is 90.3 cm³/mol. The summed E-state index contributed by atoms with van der Waals surface area (Å²) in [6.07, 6.45) is 2.43. The Hall–Kier alpha value is -2.25. The Balaban J connectivity index is 1.73. The zero-order valence-corrected chi connectivity index (χ0v) is 13.9. The van der Waals surface area contributed by atoms with Crippen LogP contribution in [0.25, 0.3) is 0 Å². The Kier molecular flexibility index (Phi) is 4.64. The van der Waals surface area contributed by atoms with Gasteiger partial charge in [0.05, 0.1) is 9.82 Å². The summed E-state index contributed by atoms with van der Waals surface area (Å²) in [6.45, 7) is 1.18. The highest BCUT2D eigenvalue weighted by Gasteiger charge is 2.26. The Morgan fingerprint density at radius 2 is 1.42 bits per heavy atom. The van der Waals surface area contributed by atoms with Gasteiger partial charge in [0.25, 0.3) is 5.69 Å². The monoisotopic (exact) mass is 346 g/mol. The van der Waals surface area contributed by atoms with E-state index in [1.807, 2.05) is 0 Å². The molecule has 1 aliphatic rings. The van der Waals surface area contributed by atoms with Gasteiger partial charge in [-0.05, 0) is 42.5 Å². The minimum atomic E-state index is -3.39. The zero-order chi connectivity index (χ0) is 17.2. The van der Waals surface area contributed by atoms with Crippen LogP contribution in [-0.4, -0.2) is 30.7 Å². The second kappa shape index (κ2) is 6.70. The smallest absolute Gasteiger partial charge is 0.258 e. The van der Waals surface area contributed by atoms with Crippen LogP contribution in [0.1, 0.15) is 24.0 Å². The molecular formula is C17H18N2O4S. The van der Waals surface area contributed by atoms with E-state index in [0.29, 0.717) is 24.4 Å². The molecule has 1 heterocycles. The van der Waals surface area contributed by atoms with E-state index >= 15 is 0 Å². The standard InChI is InChI=1S/C17H18N2O4S/c20-19(21)16-7-3-14(4-8-16)13-15-5-9-17(10-6-15)24(22,23)18-11-1-2-12-18/h3-10H,1-2,11-13H2. The SMILES string of the molecule is O=[N+]([O-])c1ccc(Cc2ccc(S(=O)(=O)N3CCCC3)cc2)cc1. The second-order valence-corrected chi connectivity index (χ2v) is 7.79. The van der Waals surface area contributed by atoms with Gasteiger partial charge in [0.1, 0.15) is 0 Å². The molecule has 2 aromatic carbocycles. The zero-order valence-electron chi connectivity index (χ0n) is 13.1. The van der Waals surface area contributed by atoms with Gasteiger partial charge < -0.3 is 0 Å². The lowest BCUT2D eigenvalue weighted by Crippen LogP contribution is -2.27. The summed E-state index contributed by atoms with van der Waals surface area (Å²) in [4.78, 5) is 10.5. The number of sulfonamides is 1. The quantitative estimate of drug-likeness (QED) is 0.616. The van der Waals surface area contributed by atoms with Crippen molar-refractivity contribution in [3.8, 4) is 0 Å². The van der Waals surface area contributed by atoms with Crippen LogP contribution < -0.4 is 0 Å². The number of nitro groups is 1. The molecule has 0 N–H and O–H groups in total. The number of rotatable bonds is 5. The van der Waals surface area contributed by atoms with Crippen molar-refractivity contribution in [3.63, 3.8) is 0 Å². The molecule has 0 saturated carbocycles. The Morgan fingerprint density at radius 1 is 0.917 bits per heavy atom. The normalized spacial score (nSPS) is 15.5. The number of hydrogen-bond acceptors (Lipinski definition) is 4. The summed E-state index contributed by atoms with van der Waals surface area (Å²) in [5.41, 5.74) is 1.96. The molecular weight excluding hydrogens is 328 g/mol. The number of hydrogen-bond donors (Lipinski definition) is 0. The van der Waals surface area contributed by atoms with Crippen molar-refractivity contribution in [2.45, 2.75) is 24.2 Å². The first kappa shape index (κ1) is 16.6. The maximum Gasteiger partial charge on any atom is 0.269 e. The van der Waals surface area contributed by atoms with E-state index in [2.05, 4.69) is 0 Å². The number of benzene rings is 2. The molecule has 1 saturated heterocycles. The van der Waals surface area contributed by atoms with Crippen LogP contribution in [0.4, 0.5) is 5.69 Å². The summed E-state index contributed by atoms with van der Waals surface area (Å²) in [5.74, 6) is 0. The van der Waals surface area contributed by atoms with Crippen molar-refractivity contribution in [2.24, 2.45) is 0 Å². The van der Waals surface area contributed by atoms with Crippen molar-refractivity contribution >= 4 is 15.7 Å². The average Bonchev–Trinajstić information content (AvgIpc) is 3.11. The van der Waals surface area contributed by atoms with Crippen molar-refractivity contribution < 1.29 is 13.3 Å². The van der Waals surface area contributed by atoms with Crippen LogP contribution in [0.15, 0.2) is 53.4 Å². The molecule has 6 nitrogen and oxygen atoms in total. The molecule has 24 heavy (non-hydrogen) atoms. The predicted octanol–water partition coefficient (Wildman–Crippen LogP) is 2.97.